The molecule has 1 aliphatic heterocycles. The molecule has 17 heavy (non-hydrogen) atoms. The van der Waals surface area contributed by atoms with Crippen molar-refractivity contribution in [3.8, 4) is 0 Å². The van der Waals surface area contributed by atoms with Crippen molar-refractivity contribution in [1.82, 2.24) is 5.32 Å². The largest absolute Gasteiger partial charge is 0.326 e. The first kappa shape index (κ1) is 11.6. The molecule has 1 aromatic rings. The number of carbonyl (C=O) groups is 2. The molecule has 2 rings (SSSR count). The molecule has 0 radical (unpaired) electrons. The molecule has 0 atom stereocenters. The monoisotopic (exact) mass is 233 g/mol. The van der Waals surface area contributed by atoms with Gasteiger partial charge in [0, 0.05) is 11.4 Å². The van der Waals surface area contributed by atoms with Gasteiger partial charge in [0.25, 0.3) is 0 Å². The van der Waals surface area contributed by atoms with Crippen LogP contribution in [0.25, 0.3) is 0 Å². The summed E-state index contributed by atoms with van der Waals surface area (Å²) in [7, 11) is 0. The normalized spacial score (nSPS) is 13.1. The summed E-state index contributed by atoms with van der Waals surface area (Å²) in [5.74, 6) is -0.0831. The minimum atomic E-state index is -0.0796. The molecule has 0 saturated carbocycles. The topological polar surface area (TPSA) is 70.2 Å². The number of hydrogen-bond donors (Lipinski definition) is 3. The Kier molecular flexibility index (Phi) is 3.39. The van der Waals surface area contributed by atoms with Gasteiger partial charge in [0.05, 0.1) is 13.0 Å². The zero-order chi connectivity index (χ0) is 12.3. The van der Waals surface area contributed by atoms with Crippen LogP contribution >= 0.6 is 0 Å². The molecule has 3 N–H and O–H groups in total. The predicted molar refractivity (Wildman–Crippen MR) is 65.9 cm³/mol. The molecule has 90 valence electrons. The van der Waals surface area contributed by atoms with Gasteiger partial charge in [-0.15, -0.1) is 0 Å². The molecule has 1 aliphatic rings. The highest BCUT2D eigenvalue weighted by Crippen LogP contribution is 2.25. The number of fused-ring (bicyclic) bond motifs is 1. The Morgan fingerprint density at radius 3 is 3.06 bits per heavy atom. The summed E-state index contributed by atoms with van der Waals surface area (Å²) in [6.07, 6.45) is 0.381. The molecule has 0 fully saturated rings. The first-order valence-corrected chi connectivity index (χ1v) is 5.62. The van der Waals surface area contributed by atoms with Gasteiger partial charge in [-0.25, -0.2) is 0 Å². The Morgan fingerprint density at radius 2 is 2.29 bits per heavy atom. The van der Waals surface area contributed by atoms with Gasteiger partial charge in [-0.05, 0) is 30.3 Å². The van der Waals surface area contributed by atoms with Gasteiger partial charge >= 0.3 is 0 Å². The third kappa shape index (κ3) is 2.82. The van der Waals surface area contributed by atoms with Crippen molar-refractivity contribution in [1.29, 1.82) is 0 Å². The van der Waals surface area contributed by atoms with Crippen molar-refractivity contribution in [3.63, 3.8) is 0 Å². The Bertz CT molecular complexity index is 457. The molecule has 1 aromatic carbocycles. The molecule has 0 aromatic heterocycles. The maximum atomic E-state index is 11.5. The number of likely N-dealkylation sites (N-methyl/N-ethyl adjacent to an activating group) is 1. The lowest BCUT2D eigenvalue weighted by Crippen LogP contribution is -2.27. The van der Waals surface area contributed by atoms with Crippen LogP contribution in [0.1, 0.15) is 12.5 Å². The highest BCUT2D eigenvalue weighted by Gasteiger charge is 2.17. The zero-order valence-electron chi connectivity index (χ0n) is 9.67. The molecule has 2 amide bonds. The van der Waals surface area contributed by atoms with Gasteiger partial charge in [0.15, 0.2) is 0 Å². The SMILES string of the molecule is CCNCC(=O)Nc1ccc2c(c1)CC(=O)N2. The van der Waals surface area contributed by atoms with E-state index in [9.17, 15) is 9.59 Å². The van der Waals surface area contributed by atoms with E-state index < -0.39 is 0 Å². The number of carbonyl (C=O) groups excluding carboxylic acids is 2. The second-order valence-electron chi connectivity index (χ2n) is 3.93. The van der Waals surface area contributed by atoms with Crippen LogP contribution in [0.3, 0.4) is 0 Å². The van der Waals surface area contributed by atoms with E-state index in [1.165, 1.54) is 0 Å². The van der Waals surface area contributed by atoms with Crippen LogP contribution in [-0.2, 0) is 16.0 Å². The highest BCUT2D eigenvalue weighted by molar-refractivity contribution is 6.00. The number of nitrogens with one attached hydrogen (secondary N) is 3. The Hall–Kier alpha value is -1.88. The van der Waals surface area contributed by atoms with Crippen LogP contribution in [0.15, 0.2) is 18.2 Å². The molecular weight excluding hydrogens is 218 g/mol. The van der Waals surface area contributed by atoms with Crippen LogP contribution in [0.2, 0.25) is 0 Å². The number of benzene rings is 1. The van der Waals surface area contributed by atoms with Crippen LogP contribution in [0.4, 0.5) is 11.4 Å². The van der Waals surface area contributed by atoms with Crippen molar-refractivity contribution >= 4 is 23.2 Å². The third-order valence-corrected chi connectivity index (χ3v) is 2.55. The second kappa shape index (κ2) is 4.97. The fourth-order valence-electron chi connectivity index (χ4n) is 1.75. The van der Waals surface area contributed by atoms with Crippen LogP contribution < -0.4 is 16.0 Å². The number of amides is 2. The van der Waals surface area contributed by atoms with Gasteiger partial charge in [-0.1, -0.05) is 6.92 Å². The van der Waals surface area contributed by atoms with E-state index in [4.69, 9.17) is 0 Å². The lowest BCUT2D eigenvalue weighted by molar-refractivity contribution is -0.116. The van der Waals surface area contributed by atoms with Crippen molar-refractivity contribution < 1.29 is 9.59 Å². The molecule has 0 bridgehead atoms. The zero-order valence-corrected chi connectivity index (χ0v) is 9.67. The summed E-state index contributed by atoms with van der Waals surface area (Å²) in [5.41, 5.74) is 2.49. The summed E-state index contributed by atoms with van der Waals surface area (Å²) < 4.78 is 0. The number of rotatable bonds is 4. The summed E-state index contributed by atoms with van der Waals surface area (Å²) in [5, 5.41) is 8.48. The third-order valence-electron chi connectivity index (χ3n) is 2.55. The van der Waals surface area contributed by atoms with Gasteiger partial charge in [-0.2, -0.15) is 0 Å². The van der Waals surface area contributed by atoms with E-state index in [2.05, 4.69) is 16.0 Å². The van der Waals surface area contributed by atoms with E-state index in [1.54, 1.807) is 6.07 Å². The molecular formula is C12H15N3O2. The van der Waals surface area contributed by atoms with E-state index in [0.717, 1.165) is 23.5 Å². The van der Waals surface area contributed by atoms with E-state index in [1.807, 2.05) is 19.1 Å². The fraction of sp³-hybridized carbons (Fsp3) is 0.333. The highest BCUT2D eigenvalue weighted by atomic mass is 16.2. The summed E-state index contributed by atoms with van der Waals surface area (Å²) in [4.78, 5) is 22.6. The number of anilines is 2. The van der Waals surface area contributed by atoms with E-state index in [0.29, 0.717) is 13.0 Å². The van der Waals surface area contributed by atoms with Gasteiger partial charge in [0.1, 0.15) is 0 Å². The molecule has 0 saturated heterocycles. The lowest BCUT2D eigenvalue weighted by atomic mass is 10.1. The summed E-state index contributed by atoms with van der Waals surface area (Å²) in [6, 6.07) is 5.43. The van der Waals surface area contributed by atoms with Gasteiger partial charge < -0.3 is 16.0 Å². The molecule has 0 aliphatic carbocycles. The minimum absolute atomic E-state index is 0.00359. The second-order valence-corrected chi connectivity index (χ2v) is 3.93. The Balaban J connectivity index is 2.01. The maximum Gasteiger partial charge on any atom is 0.238 e. The average molecular weight is 233 g/mol. The average Bonchev–Trinajstić information content (AvgIpc) is 2.65. The van der Waals surface area contributed by atoms with Crippen molar-refractivity contribution in [2.24, 2.45) is 0 Å². The van der Waals surface area contributed by atoms with E-state index >= 15 is 0 Å². The molecule has 5 heteroatoms. The lowest BCUT2D eigenvalue weighted by Gasteiger charge is -2.07. The molecule has 0 unspecified atom stereocenters. The van der Waals surface area contributed by atoms with E-state index in [-0.39, 0.29) is 11.8 Å². The van der Waals surface area contributed by atoms with Gasteiger partial charge in [0.2, 0.25) is 11.8 Å². The van der Waals surface area contributed by atoms with Crippen molar-refractivity contribution in [2.75, 3.05) is 23.7 Å². The van der Waals surface area contributed by atoms with Crippen molar-refractivity contribution in [3.05, 3.63) is 23.8 Å². The first-order chi connectivity index (χ1) is 8.19. The Morgan fingerprint density at radius 1 is 1.47 bits per heavy atom. The quantitative estimate of drug-likeness (QED) is 0.718. The molecule has 0 spiro atoms. The minimum Gasteiger partial charge on any atom is -0.326 e. The van der Waals surface area contributed by atoms with Crippen LogP contribution in [0.5, 0.6) is 0 Å². The maximum absolute atomic E-state index is 11.5. The predicted octanol–water partition coefficient (Wildman–Crippen LogP) is 0.729. The van der Waals surface area contributed by atoms with Crippen molar-refractivity contribution in [2.45, 2.75) is 13.3 Å². The smallest absolute Gasteiger partial charge is 0.238 e. The van der Waals surface area contributed by atoms with Crippen LogP contribution in [-0.4, -0.2) is 24.9 Å². The fourth-order valence-corrected chi connectivity index (χ4v) is 1.75. The summed E-state index contributed by atoms with van der Waals surface area (Å²) >= 11 is 0. The first-order valence-electron chi connectivity index (χ1n) is 5.62. The summed E-state index contributed by atoms with van der Waals surface area (Å²) in [6.45, 7) is 3.00. The van der Waals surface area contributed by atoms with Gasteiger partial charge in [-0.3, -0.25) is 9.59 Å². The molecule has 1 heterocycles. The number of hydrogen-bond acceptors (Lipinski definition) is 3. The molecule has 5 nitrogen and oxygen atoms in total. The standard InChI is InChI=1S/C12H15N3O2/c1-2-13-7-12(17)14-9-3-4-10-8(5-9)6-11(16)15-10/h3-5,13H,2,6-7H2,1H3,(H,14,17)(H,15,16). The van der Waals surface area contributed by atoms with Crippen LogP contribution in [0, 0.1) is 0 Å². The Labute approximate surface area is 99.6 Å².